The number of fused-ring (bicyclic) bond motifs is 2. The van der Waals surface area contributed by atoms with Gasteiger partial charge in [0, 0.05) is 49.4 Å². The lowest BCUT2D eigenvalue weighted by Gasteiger charge is -2.36. The topological polar surface area (TPSA) is 83.6 Å². The van der Waals surface area contributed by atoms with E-state index in [1.807, 2.05) is 39.8 Å². The molecule has 2 aliphatic rings. The fraction of sp³-hybridized carbons (Fsp3) is 0.281. The van der Waals surface area contributed by atoms with Crippen molar-refractivity contribution in [3.05, 3.63) is 106 Å². The molecule has 1 N–H and O–H groups in total. The summed E-state index contributed by atoms with van der Waals surface area (Å²) in [6.45, 7) is 3.39. The van der Waals surface area contributed by atoms with Gasteiger partial charge in [0.1, 0.15) is 23.0 Å². The summed E-state index contributed by atoms with van der Waals surface area (Å²) in [6, 6.07) is 17.6. The summed E-state index contributed by atoms with van der Waals surface area (Å²) in [5, 5.41) is 9.60. The van der Waals surface area contributed by atoms with Crippen LogP contribution in [0.1, 0.15) is 40.6 Å². The van der Waals surface area contributed by atoms with Gasteiger partial charge in [-0.3, -0.25) is 9.69 Å². The molecule has 0 unspecified atom stereocenters. The maximum Gasteiger partial charge on any atom is 0.341 e. The first-order chi connectivity index (χ1) is 20.4. The Kier molecular flexibility index (Phi) is 6.50. The van der Waals surface area contributed by atoms with E-state index in [1.54, 1.807) is 18.2 Å². The summed E-state index contributed by atoms with van der Waals surface area (Å²) in [5.74, 6) is -1.25. The van der Waals surface area contributed by atoms with Crippen LogP contribution in [-0.2, 0) is 13.1 Å². The number of carbonyl (C=O) groups is 1. The number of anilines is 1. The predicted molar refractivity (Wildman–Crippen MR) is 156 cm³/mol. The second-order valence-corrected chi connectivity index (χ2v) is 11.1. The highest BCUT2D eigenvalue weighted by Gasteiger charge is 2.29. The zero-order valence-electron chi connectivity index (χ0n) is 22.8. The quantitative estimate of drug-likeness (QED) is 0.296. The number of carboxylic acid groups (broad SMARTS) is 1. The highest BCUT2D eigenvalue weighted by atomic mass is 19.1. The minimum absolute atomic E-state index is 0.0930. The first-order valence-electron chi connectivity index (χ1n) is 14.1. The molecule has 0 bridgehead atoms. The summed E-state index contributed by atoms with van der Waals surface area (Å²) >= 11 is 0. The molecule has 1 aliphatic heterocycles. The standard InChI is InChI=1S/C32H29F2N5O3/c33-24-6-2-1-5-20(24)17-39-27-8-4-3-7-26(27)35-30(39)19-36-11-13-37(14-12-36)29-16-28-22(15-25(29)34)31(40)23(32(41)42)18-38(28)21-9-10-21/h1-8,15-16,18,21H,9-14,17,19H2,(H,41,42). The van der Waals surface area contributed by atoms with Crippen molar-refractivity contribution in [1.82, 2.24) is 19.0 Å². The molecule has 3 heterocycles. The van der Waals surface area contributed by atoms with Gasteiger partial charge in [0.05, 0.1) is 35.3 Å². The van der Waals surface area contributed by atoms with Crippen LogP contribution in [0.25, 0.3) is 21.9 Å². The molecule has 1 saturated carbocycles. The lowest BCUT2D eigenvalue weighted by atomic mass is 10.1. The number of benzene rings is 3. The smallest absolute Gasteiger partial charge is 0.341 e. The molecular formula is C32H29F2N5O3. The van der Waals surface area contributed by atoms with Gasteiger partial charge in [-0.25, -0.2) is 18.6 Å². The van der Waals surface area contributed by atoms with E-state index in [0.717, 1.165) is 29.7 Å². The van der Waals surface area contributed by atoms with Crippen LogP contribution in [0, 0.1) is 11.6 Å². The molecule has 214 valence electrons. The fourth-order valence-corrected chi connectivity index (χ4v) is 5.97. The van der Waals surface area contributed by atoms with Gasteiger partial charge in [-0.2, -0.15) is 0 Å². The van der Waals surface area contributed by atoms with Crippen molar-refractivity contribution in [2.75, 3.05) is 31.1 Å². The van der Waals surface area contributed by atoms with Crippen molar-refractivity contribution < 1.29 is 18.7 Å². The molecule has 7 rings (SSSR count). The Labute approximate surface area is 240 Å². The number of para-hydroxylation sites is 2. The molecule has 42 heavy (non-hydrogen) atoms. The first kappa shape index (κ1) is 26.3. The molecule has 0 amide bonds. The van der Waals surface area contributed by atoms with Crippen molar-refractivity contribution in [3.8, 4) is 0 Å². The van der Waals surface area contributed by atoms with Gasteiger partial charge in [0.25, 0.3) is 0 Å². The van der Waals surface area contributed by atoms with Gasteiger partial charge in [-0.1, -0.05) is 30.3 Å². The number of nitrogens with zero attached hydrogens (tertiary/aromatic N) is 5. The average Bonchev–Trinajstić information content (AvgIpc) is 3.77. The highest BCUT2D eigenvalue weighted by molar-refractivity contribution is 5.93. The predicted octanol–water partition coefficient (Wildman–Crippen LogP) is 5.03. The molecule has 8 nitrogen and oxygen atoms in total. The third kappa shape index (κ3) is 4.71. The molecular weight excluding hydrogens is 540 g/mol. The van der Waals surface area contributed by atoms with Gasteiger partial charge in [0.2, 0.25) is 5.43 Å². The number of carboxylic acids is 1. The van der Waals surface area contributed by atoms with E-state index in [0.29, 0.717) is 56.0 Å². The molecule has 1 aliphatic carbocycles. The van der Waals surface area contributed by atoms with Crippen molar-refractivity contribution >= 4 is 33.6 Å². The third-order valence-electron chi connectivity index (χ3n) is 8.37. The van der Waals surface area contributed by atoms with Crippen LogP contribution in [0.5, 0.6) is 0 Å². The monoisotopic (exact) mass is 569 g/mol. The number of hydrogen-bond donors (Lipinski definition) is 1. The van der Waals surface area contributed by atoms with Crippen LogP contribution in [0.4, 0.5) is 14.5 Å². The number of piperazine rings is 1. The molecule has 2 aromatic heterocycles. The van der Waals surface area contributed by atoms with Crippen LogP contribution in [-0.4, -0.2) is 56.3 Å². The Morgan fingerprint density at radius 2 is 1.64 bits per heavy atom. The largest absolute Gasteiger partial charge is 0.477 e. The molecule has 2 fully saturated rings. The van der Waals surface area contributed by atoms with Crippen LogP contribution in [0.2, 0.25) is 0 Å². The van der Waals surface area contributed by atoms with Gasteiger partial charge in [0.15, 0.2) is 0 Å². The second kappa shape index (κ2) is 10.4. The van der Waals surface area contributed by atoms with Gasteiger partial charge in [-0.15, -0.1) is 0 Å². The average molecular weight is 570 g/mol. The molecule has 3 aromatic carbocycles. The van der Waals surface area contributed by atoms with E-state index in [-0.39, 0.29) is 22.8 Å². The highest BCUT2D eigenvalue weighted by Crippen LogP contribution is 2.38. The lowest BCUT2D eigenvalue weighted by Crippen LogP contribution is -2.46. The van der Waals surface area contributed by atoms with E-state index >= 15 is 4.39 Å². The number of aromatic carboxylic acids is 1. The zero-order chi connectivity index (χ0) is 29.0. The summed E-state index contributed by atoms with van der Waals surface area (Å²) in [5.41, 5.74) is 2.37. The van der Waals surface area contributed by atoms with E-state index in [9.17, 15) is 19.1 Å². The Bertz CT molecular complexity index is 1900. The molecule has 10 heteroatoms. The minimum atomic E-state index is -1.31. The summed E-state index contributed by atoms with van der Waals surface area (Å²) < 4.78 is 33.8. The van der Waals surface area contributed by atoms with E-state index < -0.39 is 17.2 Å². The number of hydrogen-bond acceptors (Lipinski definition) is 5. The van der Waals surface area contributed by atoms with Gasteiger partial charge in [-0.05, 0) is 43.2 Å². The van der Waals surface area contributed by atoms with Crippen molar-refractivity contribution in [2.24, 2.45) is 0 Å². The van der Waals surface area contributed by atoms with Gasteiger partial charge >= 0.3 is 5.97 Å². The molecule has 0 spiro atoms. The normalized spacial score (nSPS) is 16.0. The van der Waals surface area contributed by atoms with E-state index in [1.165, 1.54) is 18.3 Å². The first-order valence-corrected chi connectivity index (χ1v) is 14.1. The summed E-state index contributed by atoms with van der Waals surface area (Å²) in [7, 11) is 0. The number of imidazole rings is 1. The maximum atomic E-state index is 15.4. The SMILES string of the molecule is O=C(O)c1cn(C2CC2)c2cc(N3CCN(Cc4nc5ccccc5n4Cc4ccccc4F)CC3)c(F)cc2c1=O. The second-order valence-electron chi connectivity index (χ2n) is 11.1. The van der Waals surface area contributed by atoms with E-state index in [4.69, 9.17) is 4.98 Å². The Hall–Kier alpha value is -4.57. The summed E-state index contributed by atoms with van der Waals surface area (Å²) in [4.78, 5) is 33.6. The van der Waals surface area contributed by atoms with Gasteiger partial charge < -0.3 is 19.1 Å². The van der Waals surface area contributed by atoms with Crippen LogP contribution < -0.4 is 10.3 Å². The van der Waals surface area contributed by atoms with E-state index in [2.05, 4.69) is 9.47 Å². The lowest BCUT2D eigenvalue weighted by molar-refractivity contribution is 0.0695. The number of aromatic nitrogens is 3. The Balaban J connectivity index is 1.14. The fourth-order valence-electron chi connectivity index (χ4n) is 5.97. The third-order valence-corrected chi connectivity index (χ3v) is 8.37. The van der Waals surface area contributed by atoms with Crippen molar-refractivity contribution in [1.29, 1.82) is 0 Å². The van der Waals surface area contributed by atoms with Crippen LogP contribution in [0.3, 0.4) is 0 Å². The number of rotatable bonds is 7. The van der Waals surface area contributed by atoms with Crippen molar-refractivity contribution in [2.45, 2.75) is 32.0 Å². The van der Waals surface area contributed by atoms with Crippen LogP contribution >= 0.6 is 0 Å². The Morgan fingerprint density at radius 3 is 2.38 bits per heavy atom. The maximum absolute atomic E-state index is 15.4. The molecule has 5 aromatic rings. The molecule has 0 radical (unpaired) electrons. The minimum Gasteiger partial charge on any atom is -0.477 e. The van der Waals surface area contributed by atoms with Crippen molar-refractivity contribution in [3.63, 3.8) is 0 Å². The number of halogens is 2. The number of pyridine rings is 1. The molecule has 0 atom stereocenters. The van der Waals surface area contributed by atoms with Crippen LogP contribution in [0.15, 0.2) is 71.7 Å². The summed E-state index contributed by atoms with van der Waals surface area (Å²) in [6.07, 6.45) is 3.19. The molecule has 1 saturated heterocycles. The zero-order valence-corrected chi connectivity index (χ0v) is 22.8. The Morgan fingerprint density at radius 1 is 0.905 bits per heavy atom.